The molecule has 4 aromatic rings. The Labute approximate surface area is 187 Å². The van der Waals surface area contributed by atoms with E-state index >= 15 is 0 Å². The van der Waals surface area contributed by atoms with Crippen molar-refractivity contribution in [1.82, 2.24) is 15.1 Å². The van der Waals surface area contributed by atoms with Crippen LogP contribution in [0.5, 0.6) is 0 Å². The molecule has 1 aliphatic heterocycles. The fourth-order valence-corrected chi connectivity index (χ4v) is 4.87. The Morgan fingerprint density at radius 1 is 1.19 bits per heavy atom. The zero-order chi connectivity index (χ0) is 21.5. The summed E-state index contributed by atoms with van der Waals surface area (Å²) in [7, 11) is 0. The number of hydrogen-bond donors (Lipinski definition) is 2. The molecule has 7 nitrogen and oxygen atoms in total. The molecular formula is C22H18ClN5O2S. The molecule has 0 unspecified atom stereocenters. The number of amides is 3. The average Bonchev–Trinajstić information content (AvgIpc) is 3.46. The Balaban J connectivity index is 1.40. The van der Waals surface area contributed by atoms with Crippen LogP contribution >= 0.6 is 22.9 Å². The second-order valence-corrected chi connectivity index (χ2v) is 8.60. The van der Waals surface area contributed by atoms with Gasteiger partial charge in [-0.1, -0.05) is 23.7 Å². The van der Waals surface area contributed by atoms with E-state index in [2.05, 4.69) is 15.7 Å². The molecule has 1 aliphatic rings. The van der Waals surface area contributed by atoms with Crippen LogP contribution in [-0.2, 0) is 0 Å². The van der Waals surface area contributed by atoms with Gasteiger partial charge in [-0.25, -0.2) is 9.48 Å². The van der Waals surface area contributed by atoms with Crippen molar-refractivity contribution in [2.24, 2.45) is 0 Å². The van der Waals surface area contributed by atoms with E-state index in [0.29, 0.717) is 28.7 Å². The quantitative estimate of drug-likeness (QED) is 0.466. The maximum Gasteiger partial charge on any atom is 0.321 e. The Hall–Kier alpha value is -3.36. The van der Waals surface area contributed by atoms with E-state index in [1.807, 2.05) is 49.4 Å². The first-order chi connectivity index (χ1) is 15.0. The van der Waals surface area contributed by atoms with E-state index in [0.717, 1.165) is 27.3 Å². The number of hydrogen-bond acceptors (Lipinski definition) is 4. The van der Waals surface area contributed by atoms with Crippen molar-refractivity contribution in [1.29, 1.82) is 0 Å². The first-order valence-corrected chi connectivity index (χ1v) is 10.9. The molecule has 156 valence electrons. The molecule has 0 aliphatic carbocycles. The summed E-state index contributed by atoms with van der Waals surface area (Å²) in [6.07, 6.45) is 0. The Morgan fingerprint density at radius 3 is 2.68 bits per heavy atom. The van der Waals surface area contributed by atoms with Crippen LogP contribution < -0.4 is 15.5 Å². The molecule has 9 heteroatoms. The number of para-hydroxylation sites is 1. The van der Waals surface area contributed by atoms with Gasteiger partial charge in [-0.2, -0.15) is 5.10 Å². The number of thiophene rings is 1. The van der Waals surface area contributed by atoms with E-state index in [4.69, 9.17) is 11.6 Å². The van der Waals surface area contributed by atoms with Crippen molar-refractivity contribution in [3.05, 3.63) is 70.2 Å². The molecule has 1 fully saturated rings. The van der Waals surface area contributed by atoms with Crippen LogP contribution in [0.25, 0.3) is 15.9 Å². The average molecular weight is 452 g/mol. The number of halogens is 1. The van der Waals surface area contributed by atoms with Gasteiger partial charge in [0.1, 0.15) is 4.83 Å². The van der Waals surface area contributed by atoms with Crippen molar-refractivity contribution < 1.29 is 9.59 Å². The fourth-order valence-electron chi connectivity index (χ4n) is 3.58. The van der Waals surface area contributed by atoms with E-state index in [1.54, 1.807) is 21.7 Å². The highest BCUT2D eigenvalue weighted by atomic mass is 35.5. The zero-order valence-corrected chi connectivity index (χ0v) is 18.1. The number of carbonyl (C=O) groups excluding carboxylic acids is 2. The minimum atomic E-state index is -0.196. The monoisotopic (exact) mass is 451 g/mol. The van der Waals surface area contributed by atoms with Crippen LogP contribution in [0.2, 0.25) is 5.02 Å². The molecule has 2 aromatic heterocycles. The summed E-state index contributed by atoms with van der Waals surface area (Å²) in [4.78, 5) is 27.8. The summed E-state index contributed by atoms with van der Waals surface area (Å²) >= 11 is 7.72. The van der Waals surface area contributed by atoms with Crippen molar-refractivity contribution in [3.63, 3.8) is 0 Å². The summed E-state index contributed by atoms with van der Waals surface area (Å²) in [5.41, 5.74) is 3.07. The van der Waals surface area contributed by atoms with Gasteiger partial charge in [0.25, 0.3) is 5.91 Å². The molecular weight excluding hydrogens is 434 g/mol. The van der Waals surface area contributed by atoms with Gasteiger partial charge in [-0.15, -0.1) is 11.3 Å². The lowest BCUT2D eigenvalue weighted by Gasteiger charge is -2.14. The highest BCUT2D eigenvalue weighted by Gasteiger charge is 2.21. The Kier molecular flexibility index (Phi) is 4.88. The van der Waals surface area contributed by atoms with Gasteiger partial charge in [0.15, 0.2) is 0 Å². The third-order valence-corrected chi connectivity index (χ3v) is 6.57. The summed E-state index contributed by atoms with van der Waals surface area (Å²) in [6, 6.07) is 16.5. The number of nitrogens with zero attached hydrogens (tertiary/aromatic N) is 3. The summed E-state index contributed by atoms with van der Waals surface area (Å²) in [5, 5.41) is 11.8. The molecule has 1 saturated heterocycles. The van der Waals surface area contributed by atoms with Gasteiger partial charge < -0.3 is 10.6 Å². The number of benzene rings is 2. The molecule has 0 radical (unpaired) electrons. The highest BCUT2D eigenvalue weighted by molar-refractivity contribution is 7.20. The van der Waals surface area contributed by atoms with Crippen LogP contribution in [0.15, 0.2) is 54.6 Å². The molecule has 0 atom stereocenters. The maximum atomic E-state index is 12.9. The van der Waals surface area contributed by atoms with Crippen LogP contribution in [0.1, 0.15) is 15.4 Å². The number of aromatic nitrogens is 2. The summed E-state index contributed by atoms with van der Waals surface area (Å²) in [5.74, 6) is -0.196. The molecule has 31 heavy (non-hydrogen) atoms. The number of rotatable bonds is 4. The lowest BCUT2D eigenvalue weighted by Crippen LogP contribution is -2.27. The molecule has 0 bridgehead atoms. The number of aryl methyl sites for hydroxylation is 1. The molecule has 2 N–H and O–H groups in total. The van der Waals surface area contributed by atoms with Crippen LogP contribution in [0.4, 0.5) is 16.2 Å². The van der Waals surface area contributed by atoms with Crippen molar-refractivity contribution in [3.8, 4) is 5.69 Å². The molecule has 2 aromatic carbocycles. The molecule has 3 heterocycles. The van der Waals surface area contributed by atoms with E-state index < -0.39 is 0 Å². The number of fused-ring (bicyclic) bond motifs is 1. The lowest BCUT2D eigenvalue weighted by atomic mass is 10.2. The smallest absolute Gasteiger partial charge is 0.321 e. The van der Waals surface area contributed by atoms with Gasteiger partial charge >= 0.3 is 6.03 Å². The van der Waals surface area contributed by atoms with E-state index in [9.17, 15) is 9.59 Å². The molecule has 0 saturated carbocycles. The Morgan fingerprint density at radius 2 is 1.97 bits per heavy atom. The number of carbonyl (C=O) groups is 2. The normalized spacial score (nSPS) is 13.6. The Bertz CT molecular complexity index is 1310. The SMILES string of the molecule is Cc1nn(-c2ccccc2Cl)c2sc(C(=O)Nc3ccc(N4CCNC4=O)cc3)cc12. The largest absolute Gasteiger partial charge is 0.336 e. The van der Waals surface area contributed by atoms with Gasteiger partial charge in [-0.05, 0) is 49.4 Å². The summed E-state index contributed by atoms with van der Waals surface area (Å²) in [6.45, 7) is 3.18. The zero-order valence-electron chi connectivity index (χ0n) is 16.6. The standard InChI is InChI=1S/C22H18ClN5O2S/c1-13-16-12-19(31-21(16)28(26-13)18-5-3-2-4-17(18)23)20(29)25-14-6-8-15(9-7-14)27-11-10-24-22(27)30/h2-9,12H,10-11H2,1H3,(H,24,30)(H,25,29). The van der Waals surface area contributed by atoms with Crippen molar-refractivity contribution in [2.75, 3.05) is 23.3 Å². The number of urea groups is 1. The minimum absolute atomic E-state index is 0.106. The second-order valence-electron chi connectivity index (χ2n) is 7.16. The van der Waals surface area contributed by atoms with Crippen molar-refractivity contribution in [2.45, 2.75) is 6.92 Å². The predicted octanol–water partition coefficient (Wildman–Crippen LogP) is 4.83. The molecule has 5 rings (SSSR count). The lowest BCUT2D eigenvalue weighted by molar-refractivity contribution is 0.103. The minimum Gasteiger partial charge on any atom is -0.336 e. The third kappa shape index (κ3) is 3.54. The third-order valence-electron chi connectivity index (χ3n) is 5.14. The number of anilines is 2. The number of nitrogens with one attached hydrogen (secondary N) is 2. The first kappa shape index (κ1) is 19.6. The van der Waals surface area contributed by atoms with Gasteiger partial charge in [0.2, 0.25) is 0 Å². The predicted molar refractivity (Wildman–Crippen MR) is 124 cm³/mol. The first-order valence-electron chi connectivity index (χ1n) is 9.72. The molecule has 3 amide bonds. The van der Waals surface area contributed by atoms with Crippen LogP contribution in [0, 0.1) is 6.92 Å². The van der Waals surface area contributed by atoms with Gasteiger partial charge in [0.05, 0.1) is 21.3 Å². The summed E-state index contributed by atoms with van der Waals surface area (Å²) < 4.78 is 1.78. The fraction of sp³-hybridized carbons (Fsp3) is 0.136. The van der Waals surface area contributed by atoms with E-state index in [-0.39, 0.29) is 11.9 Å². The van der Waals surface area contributed by atoms with Gasteiger partial charge in [0, 0.05) is 29.9 Å². The van der Waals surface area contributed by atoms with E-state index in [1.165, 1.54) is 11.3 Å². The van der Waals surface area contributed by atoms with Crippen molar-refractivity contribution >= 4 is 56.5 Å². The highest BCUT2D eigenvalue weighted by Crippen LogP contribution is 2.33. The molecule has 0 spiro atoms. The topological polar surface area (TPSA) is 79.3 Å². The van der Waals surface area contributed by atoms with Crippen LogP contribution in [-0.4, -0.2) is 34.8 Å². The maximum absolute atomic E-state index is 12.9. The van der Waals surface area contributed by atoms with Crippen LogP contribution in [0.3, 0.4) is 0 Å². The second kappa shape index (κ2) is 7.72. The van der Waals surface area contributed by atoms with Gasteiger partial charge in [-0.3, -0.25) is 9.69 Å².